The van der Waals surface area contributed by atoms with Gasteiger partial charge in [0.15, 0.2) is 11.5 Å². The van der Waals surface area contributed by atoms with Crippen LogP contribution >= 0.6 is 15.9 Å². The van der Waals surface area contributed by atoms with Crippen molar-refractivity contribution < 1.29 is 9.47 Å². The Bertz CT molecular complexity index is 681. The Morgan fingerprint density at radius 3 is 2.42 bits per heavy atom. The number of ether oxygens (including phenoxy) is 2. The number of aliphatic imine (C=N–C) groups is 1. The fraction of sp³-hybridized carbons (Fsp3) is 0.350. The summed E-state index contributed by atoms with van der Waals surface area (Å²) in [5.74, 6) is 1.49. The largest absolute Gasteiger partial charge is 0.490 e. The monoisotopic (exact) mass is 389 g/mol. The van der Waals surface area contributed by atoms with Gasteiger partial charge in [-0.3, -0.25) is 4.99 Å². The van der Waals surface area contributed by atoms with Crippen LogP contribution < -0.4 is 9.47 Å². The molecule has 0 heterocycles. The minimum atomic E-state index is 0.591. The molecule has 24 heavy (non-hydrogen) atoms. The highest BCUT2D eigenvalue weighted by Gasteiger charge is 2.11. The Kier molecular flexibility index (Phi) is 7.32. The number of aryl methyl sites for hydroxylation is 1. The zero-order valence-corrected chi connectivity index (χ0v) is 16.1. The highest BCUT2D eigenvalue weighted by atomic mass is 79.9. The lowest BCUT2D eigenvalue weighted by Gasteiger charge is -2.14. The van der Waals surface area contributed by atoms with E-state index in [4.69, 9.17) is 9.47 Å². The Morgan fingerprint density at radius 1 is 1.04 bits per heavy atom. The summed E-state index contributed by atoms with van der Waals surface area (Å²) in [5.41, 5.74) is 3.22. The Labute approximate surface area is 152 Å². The summed E-state index contributed by atoms with van der Waals surface area (Å²) in [4.78, 5) is 4.54. The first-order valence-electron chi connectivity index (χ1n) is 8.40. The molecule has 0 saturated heterocycles. The van der Waals surface area contributed by atoms with E-state index in [2.05, 4.69) is 46.9 Å². The normalized spacial score (nSPS) is 11.0. The molecular weight excluding hydrogens is 366 g/mol. The number of benzene rings is 2. The van der Waals surface area contributed by atoms with Gasteiger partial charge in [-0.15, -0.1) is 0 Å². The van der Waals surface area contributed by atoms with Crippen molar-refractivity contribution in [1.29, 1.82) is 0 Å². The van der Waals surface area contributed by atoms with Crippen molar-refractivity contribution in [3.05, 3.63) is 52.0 Å². The molecule has 0 aromatic heterocycles. The molecule has 128 valence electrons. The fourth-order valence-electron chi connectivity index (χ4n) is 2.24. The van der Waals surface area contributed by atoms with Crippen molar-refractivity contribution in [3.63, 3.8) is 0 Å². The van der Waals surface area contributed by atoms with E-state index in [1.54, 1.807) is 0 Å². The Balaban J connectivity index is 2.24. The maximum atomic E-state index is 5.80. The van der Waals surface area contributed by atoms with Gasteiger partial charge in [0.2, 0.25) is 0 Å². The second-order valence-corrected chi connectivity index (χ2v) is 6.24. The lowest BCUT2D eigenvalue weighted by Crippen LogP contribution is -2.01. The molecule has 0 saturated carbocycles. The molecule has 0 radical (unpaired) electrons. The molecule has 0 aliphatic heterocycles. The van der Waals surface area contributed by atoms with Gasteiger partial charge < -0.3 is 9.47 Å². The maximum absolute atomic E-state index is 5.80. The van der Waals surface area contributed by atoms with Crippen LogP contribution in [-0.2, 0) is 6.42 Å². The molecule has 2 aromatic carbocycles. The highest BCUT2D eigenvalue weighted by molar-refractivity contribution is 9.10. The van der Waals surface area contributed by atoms with Gasteiger partial charge in [0, 0.05) is 6.21 Å². The number of nitrogens with zero attached hydrogens (tertiary/aromatic N) is 1. The van der Waals surface area contributed by atoms with E-state index in [0.29, 0.717) is 13.2 Å². The smallest absolute Gasteiger partial charge is 0.175 e. The van der Waals surface area contributed by atoms with Crippen LogP contribution in [0.4, 0.5) is 5.69 Å². The van der Waals surface area contributed by atoms with Gasteiger partial charge >= 0.3 is 0 Å². The highest BCUT2D eigenvalue weighted by Crippen LogP contribution is 2.36. The fourth-order valence-corrected chi connectivity index (χ4v) is 2.81. The van der Waals surface area contributed by atoms with Crippen LogP contribution in [0.2, 0.25) is 0 Å². The van der Waals surface area contributed by atoms with Crippen molar-refractivity contribution >= 4 is 27.8 Å². The average Bonchev–Trinajstić information content (AvgIpc) is 2.60. The lowest BCUT2D eigenvalue weighted by atomic mass is 10.1. The average molecular weight is 390 g/mol. The van der Waals surface area contributed by atoms with Crippen LogP contribution in [0.5, 0.6) is 11.5 Å². The molecule has 0 bridgehead atoms. The summed E-state index contributed by atoms with van der Waals surface area (Å²) < 4.78 is 12.4. The van der Waals surface area contributed by atoms with Crippen LogP contribution in [-0.4, -0.2) is 19.4 Å². The van der Waals surface area contributed by atoms with Gasteiger partial charge in [-0.25, -0.2) is 0 Å². The van der Waals surface area contributed by atoms with Crippen LogP contribution in [0.3, 0.4) is 0 Å². The minimum Gasteiger partial charge on any atom is -0.490 e. The van der Waals surface area contributed by atoms with E-state index in [-0.39, 0.29) is 0 Å². The molecule has 0 spiro atoms. The quantitative estimate of drug-likeness (QED) is 0.522. The predicted molar refractivity (Wildman–Crippen MR) is 104 cm³/mol. The van der Waals surface area contributed by atoms with Crippen molar-refractivity contribution in [2.45, 2.75) is 33.6 Å². The lowest BCUT2D eigenvalue weighted by molar-refractivity contribution is 0.275. The Morgan fingerprint density at radius 2 is 1.79 bits per heavy atom. The molecule has 3 nitrogen and oxygen atoms in total. The first-order valence-corrected chi connectivity index (χ1v) is 9.19. The van der Waals surface area contributed by atoms with Crippen LogP contribution in [0.15, 0.2) is 45.9 Å². The van der Waals surface area contributed by atoms with Crippen LogP contribution in [0.25, 0.3) is 0 Å². The first-order chi connectivity index (χ1) is 11.7. The van der Waals surface area contributed by atoms with Crippen LogP contribution in [0.1, 0.15) is 38.3 Å². The molecule has 0 atom stereocenters. The van der Waals surface area contributed by atoms with Crippen LogP contribution in [0, 0.1) is 0 Å². The molecule has 0 fully saturated rings. The standard InChI is InChI=1S/C20H24BrNO2/c1-4-11-24-20-18(21)12-16(13-19(20)23-6-3)14-22-17-9-7-15(5-2)8-10-17/h7-10,12-14H,4-6,11H2,1-3H3. The number of halogens is 1. The third-order valence-corrected chi connectivity index (χ3v) is 4.08. The minimum absolute atomic E-state index is 0.591. The van der Waals surface area contributed by atoms with E-state index in [0.717, 1.165) is 40.1 Å². The van der Waals surface area contributed by atoms with Gasteiger partial charge in [-0.1, -0.05) is 26.0 Å². The zero-order valence-electron chi connectivity index (χ0n) is 14.5. The summed E-state index contributed by atoms with van der Waals surface area (Å²) in [7, 11) is 0. The first kappa shape index (κ1) is 18.5. The van der Waals surface area contributed by atoms with E-state index < -0.39 is 0 Å². The van der Waals surface area contributed by atoms with Gasteiger partial charge in [0.05, 0.1) is 23.4 Å². The molecule has 0 N–H and O–H groups in total. The Hall–Kier alpha value is -1.81. The van der Waals surface area contributed by atoms with Gasteiger partial charge in [0.1, 0.15) is 0 Å². The molecule has 0 unspecified atom stereocenters. The van der Waals surface area contributed by atoms with E-state index in [1.807, 2.05) is 37.4 Å². The molecule has 0 aliphatic carbocycles. The molecule has 2 rings (SSSR count). The van der Waals surface area contributed by atoms with Crippen molar-refractivity contribution in [2.75, 3.05) is 13.2 Å². The van der Waals surface area contributed by atoms with Gasteiger partial charge in [-0.05, 0) is 71.1 Å². The summed E-state index contributed by atoms with van der Waals surface area (Å²) in [6.07, 6.45) is 3.83. The molecule has 0 amide bonds. The van der Waals surface area contributed by atoms with Crippen molar-refractivity contribution in [1.82, 2.24) is 0 Å². The van der Waals surface area contributed by atoms with E-state index >= 15 is 0 Å². The van der Waals surface area contributed by atoms with Gasteiger partial charge in [0.25, 0.3) is 0 Å². The zero-order chi connectivity index (χ0) is 17.4. The number of hydrogen-bond acceptors (Lipinski definition) is 3. The summed E-state index contributed by atoms with van der Waals surface area (Å²) in [5, 5.41) is 0. The third kappa shape index (κ3) is 5.10. The molecule has 4 heteroatoms. The second-order valence-electron chi connectivity index (χ2n) is 5.39. The molecular formula is C20H24BrNO2. The predicted octanol–water partition coefficient (Wildman–Crippen LogP) is 5.95. The summed E-state index contributed by atoms with van der Waals surface area (Å²) >= 11 is 3.58. The SMILES string of the molecule is CCCOc1c(Br)cc(C=Nc2ccc(CC)cc2)cc1OCC. The topological polar surface area (TPSA) is 30.8 Å². The number of rotatable bonds is 8. The van der Waals surface area contributed by atoms with E-state index in [9.17, 15) is 0 Å². The second kappa shape index (κ2) is 9.48. The number of hydrogen-bond donors (Lipinski definition) is 0. The maximum Gasteiger partial charge on any atom is 0.175 e. The molecule has 2 aromatic rings. The van der Waals surface area contributed by atoms with Crippen molar-refractivity contribution in [2.24, 2.45) is 4.99 Å². The molecule has 0 aliphatic rings. The third-order valence-electron chi connectivity index (χ3n) is 3.49. The summed E-state index contributed by atoms with van der Waals surface area (Å²) in [6.45, 7) is 7.45. The summed E-state index contributed by atoms with van der Waals surface area (Å²) in [6, 6.07) is 12.2. The van der Waals surface area contributed by atoms with Crippen molar-refractivity contribution in [3.8, 4) is 11.5 Å². The van der Waals surface area contributed by atoms with E-state index in [1.165, 1.54) is 5.56 Å². The van der Waals surface area contributed by atoms with Gasteiger partial charge in [-0.2, -0.15) is 0 Å².